The molecule has 1 aromatic carbocycles. The van der Waals surface area contributed by atoms with Crippen molar-refractivity contribution < 1.29 is 39.3 Å². The van der Waals surface area contributed by atoms with E-state index < -0.39 is 53.8 Å². The Labute approximate surface area is 246 Å². The maximum absolute atomic E-state index is 13.4. The number of rotatable bonds is 18. The molecule has 17 heteroatoms. The number of hydrogen-bond donors (Lipinski definition) is 10. The molecule has 0 spiro atoms. The number of carbonyl (C=O) groups excluding carboxylic acids is 3. The van der Waals surface area contributed by atoms with Gasteiger partial charge in [0, 0.05) is 37.7 Å². The van der Waals surface area contributed by atoms with Crippen molar-refractivity contribution in [1.29, 1.82) is 0 Å². The van der Waals surface area contributed by atoms with Gasteiger partial charge in [0.2, 0.25) is 17.7 Å². The zero-order valence-corrected chi connectivity index (χ0v) is 23.2. The number of aromatic nitrogens is 2. The topological polar surface area (TPSA) is 301 Å². The molecule has 0 saturated heterocycles. The Hall–Kier alpha value is -5.19. The van der Waals surface area contributed by atoms with Crippen molar-refractivity contribution in [2.24, 2.45) is 22.2 Å². The molecule has 0 radical (unpaired) electrons. The van der Waals surface area contributed by atoms with Crippen molar-refractivity contribution in [3.8, 4) is 5.75 Å². The predicted octanol–water partition coefficient (Wildman–Crippen LogP) is -2.31. The molecule has 3 amide bonds. The van der Waals surface area contributed by atoms with Crippen molar-refractivity contribution >= 4 is 35.6 Å². The normalized spacial score (nSPS) is 13.5. The van der Waals surface area contributed by atoms with Gasteiger partial charge in [-0.2, -0.15) is 0 Å². The lowest BCUT2D eigenvalue weighted by molar-refractivity contribution is -0.142. The monoisotopic (exact) mass is 603 g/mol. The van der Waals surface area contributed by atoms with Crippen LogP contribution >= 0.6 is 0 Å². The number of aromatic amines is 1. The first kappa shape index (κ1) is 34.0. The molecule has 2 rings (SSSR count). The Morgan fingerprint density at radius 2 is 1.51 bits per heavy atom. The molecular weight excluding hydrogens is 566 g/mol. The van der Waals surface area contributed by atoms with Crippen molar-refractivity contribution in [3.05, 3.63) is 48.0 Å². The quantitative estimate of drug-likeness (QED) is 0.0488. The van der Waals surface area contributed by atoms with E-state index in [0.717, 1.165) is 0 Å². The Bertz CT molecular complexity index is 1260. The molecule has 0 aliphatic heterocycles. The van der Waals surface area contributed by atoms with Gasteiger partial charge < -0.3 is 53.5 Å². The predicted molar refractivity (Wildman–Crippen MR) is 152 cm³/mol. The highest BCUT2D eigenvalue weighted by Crippen LogP contribution is 2.12. The lowest BCUT2D eigenvalue weighted by atomic mass is 10.0. The van der Waals surface area contributed by atoms with Gasteiger partial charge in [0.05, 0.1) is 12.4 Å². The summed E-state index contributed by atoms with van der Waals surface area (Å²) in [7, 11) is 0. The van der Waals surface area contributed by atoms with Crippen LogP contribution in [-0.2, 0) is 36.8 Å². The summed E-state index contributed by atoms with van der Waals surface area (Å²) in [4.78, 5) is 72.7. The summed E-state index contributed by atoms with van der Waals surface area (Å²) in [5, 5.41) is 35.7. The first-order chi connectivity index (χ1) is 20.3. The van der Waals surface area contributed by atoms with Crippen LogP contribution in [0.3, 0.4) is 0 Å². The molecule has 4 unspecified atom stereocenters. The number of aliphatic carboxylic acids is 2. The SMILES string of the molecule is NC(N)=NCCCC(NC(=O)C(N)CCC(=O)O)C(=O)NC(Cc1ccc(O)cc1)C(=O)NC(Cc1cnc[nH]1)C(=O)O. The van der Waals surface area contributed by atoms with E-state index in [0.29, 0.717) is 11.3 Å². The molecule has 4 atom stereocenters. The average Bonchev–Trinajstić information content (AvgIpc) is 3.46. The molecule has 0 aliphatic rings. The van der Waals surface area contributed by atoms with Gasteiger partial charge in [-0.3, -0.25) is 24.2 Å². The molecule has 43 heavy (non-hydrogen) atoms. The van der Waals surface area contributed by atoms with Crippen LogP contribution in [0.4, 0.5) is 0 Å². The van der Waals surface area contributed by atoms with E-state index in [4.69, 9.17) is 22.3 Å². The highest BCUT2D eigenvalue weighted by molar-refractivity contribution is 5.94. The summed E-state index contributed by atoms with van der Waals surface area (Å²) in [5.41, 5.74) is 17.5. The summed E-state index contributed by atoms with van der Waals surface area (Å²) in [6.45, 7) is 0.123. The van der Waals surface area contributed by atoms with Crippen LogP contribution in [0.15, 0.2) is 41.8 Å². The number of phenolic OH excluding ortho intramolecular Hbond substituents is 1. The van der Waals surface area contributed by atoms with Crippen LogP contribution in [0.25, 0.3) is 0 Å². The first-order valence-electron chi connectivity index (χ1n) is 13.3. The Morgan fingerprint density at radius 1 is 0.884 bits per heavy atom. The minimum Gasteiger partial charge on any atom is -0.508 e. The van der Waals surface area contributed by atoms with Gasteiger partial charge in [-0.05, 0) is 37.0 Å². The van der Waals surface area contributed by atoms with Gasteiger partial charge in [0.25, 0.3) is 0 Å². The minimum atomic E-state index is -1.37. The maximum atomic E-state index is 13.4. The Morgan fingerprint density at radius 3 is 2.09 bits per heavy atom. The summed E-state index contributed by atoms with van der Waals surface area (Å²) in [6, 6.07) is 0.694. The molecule has 1 heterocycles. The van der Waals surface area contributed by atoms with E-state index in [-0.39, 0.29) is 56.8 Å². The van der Waals surface area contributed by atoms with E-state index in [1.165, 1.54) is 36.8 Å². The smallest absolute Gasteiger partial charge is 0.326 e. The van der Waals surface area contributed by atoms with Gasteiger partial charge in [-0.25, -0.2) is 9.78 Å². The van der Waals surface area contributed by atoms with E-state index >= 15 is 0 Å². The third-order valence-corrected chi connectivity index (χ3v) is 6.19. The number of carboxylic acid groups (broad SMARTS) is 2. The molecule has 0 bridgehead atoms. The summed E-state index contributed by atoms with van der Waals surface area (Å²) < 4.78 is 0. The van der Waals surface area contributed by atoms with Gasteiger partial charge in [-0.15, -0.1) is 0 Å². The van der Waals surface area contributed by atoms with E-state index in [9.17, 15) is 34.2 Å². The first-order valence-corrected chi connectivity index (χ1v) is 13.3. The minimum absolute atomic E-state index is 0.0190. The number of imidazole rings is 1. The number of H-pyrrole nitrogens is 1. The number of carbonyl (C=O) groups is 5. The van der Waals surface area contributed by atoms with Crippen LogP contribution < -0.4 is 33.2 Å². The van der Waals surface area contributed by atoms with Crippen LogP contribution in [-0.4, -0.2) is 91.6 Å². The second-order valence-electron chi connectivity index (χ2n) is 9.66. The molecule has 0 saturated carbocycles. The summed E-state index contributed by atoms with van der Waals surface area (Å²) in [6.07, 6.45) is 2.27. The van der Waals surface area contributed by atoms with Crippen molar-refractivity contribution in [3.63, 3.8) is 0 Å². The van der Waals surface area contributed by atoms with Gasteiger partial charge >= 0.3 is 11.9 Å². The molecule has 13 N–H and O–H groups in total. The number of nitrogens with two attached hydrogens (primary N) is 3. The van der Waals surface area contributed by atoms with Gasteiger partial charge in [0.15, 0.2) is 5.96 Å². The molecule has 1 aromatic heterocycles. The van der Waals surface area contributed by atoms with Crippen LogP contribution in [0.2, 0.25) is 0 Å². The highest BCUT2D eigenvalue weighted by Gasteiger charge is 2.31. The third kappa shape index (κ3) is 12.5. The number of nitrogens with one attached hydrogen (secondary N) is 4. The largest absolute Gasteiger partial charge is 0.508 e. The molecule has 17 nitrogen and oxygen atoms in total. The number of nitrogens with zero attached hydrogens (tertiary/aromatic N) is 2. The number of phenols is 1. The number of aromatic hydroxyl groups is 1. The number of amides is 3. The zero-order chi connectivity index (χ0) is 31.9. The van der Waals surface area contributed by atoms with Crippen molar-refractivity contribution in [1.82, 2.24) is 25.9 Å². The van der Waals surface area contributed by atoms with Crippen LogP contribution in [0.5, 0.6) is 5.75 Å². The molecule has 2 aromatic rings. The number of aliphatic imine (C=N–C) groups is 1. The van der Waals surface area contributed by atoms with E-state index in [1.54, 1.807) is 0 Å². The zero-order valence-electron chi connectivity index (χ0n) is 23.2. The fourth-order valence-corrected chi connectivity index (χ4v) is 3.90. The third-order valence-electron chi connectivity index (χ3n) is 6.19. The number of guanidine groups is 1. The molecule has 0 fully saturated rings. The van der Waals surface area contributed by atoms with Gasteiger partial charge in [0.1, 0.15) is 23.9 Å². The Kier molecular flexibility index (Phi) is 13.4. The van der Waals surface area contributed by atoms with Crippen LogP contribution in [0, 0.1) is 0 Å². The Balaban J connectivity index is 2.26. The lowest BCUT2D eigenvalue weighted by Crippen LogP contribution is -2.57. The standard InChI is InChI=1S/C26H37N9O8/c27-17(7-8-21(37)38)22(39)33-18(2-1-9-31-26(28)29)23(40)34-19(10-14-3-5-16(36)6-4-14)24(41)35-20(25(42)43)11-15-12-30-13-32-15/h3-6,12-13,17-20,36H,1-2,7-11,27H2,(H,30,32)(H,33,39)(H,34,40)(H,35,41)(H,37,38)(H,42,43)(H4,28,29,31). The second kappa shape index (κ2) is 16.9. The molecule has 0 aliphatic carbocycles. The average molecular weight is 604 g/mol. The van der Waals surface area contributed by atoms with Crippen molar-refractivity contribution in [2.75, 3.05) is 6.54 Å². The second-order valence-corrected chi connectivity index (χ2v) is 9.66. The van der Waals surface area contributed by atoms with E-state index in [2.05, 4.69) is 30.9 Å². The number of benzene rings is 1. The lowest BCUT2D eigenvalue weighted by Gasteiger charge is -2.25. The van der Waals surface area contributed by atoms with Crippen LogP contribution in [0.1, 0.15) is 36.9 Å². The van der Waals surface area contributed by atoms with E-state index in [1.807, 2.05) is 0 Å². The molecule has 234 valence electrons. The van der Waals surface area contributed by atoms with Gasteiger partial charge in [-0.1, -0.05) is 12.1 Å². The highest BCUT2D eigenvalue weighted by atomic mass is 16.4. The number of carboxylic acids is 2. The fourth-order valence-electron chi connectivity index (χ4n) is 3.90. The molecular formula is C26H37N9O8. The van der Waals surface area contributed by atoms with Crippen molar-refractivity contribution in [2.45, 2.75) is 62.7 Å². The summed E-state index contributed by atoms with van der Waals surface area (Å²) in [5.74, 6) is -5.06. The fraction of sp³-hybridized carbons (Fsp3) is 0.423. The summed E-state index contributed by atoms with van der Waals surface area (Å²) >= 11 is 0. The maximum Gasteiger partial charge on any atom is 0.326 e. The number of hydrogen-bond acceptors (Lipinski definition) is 9.